The van der Waals surface area contributed by atoms with E-state index >= 15 is 0 Å². The average molecular weight is 156 g/mol. The predicted octanol–water partition coefficient (Wildman–Crippen LogP) is -0.321. The molecule has 0 aliphatic carbocycles. The fourth-order valence-electron chi connectivity index (χ4n) is 2.05. The van der Waals surface area contributed by atoms with Gasteiger partial charge in [0.25, 0.3) is 0 Å². The largest absolute Gasteiger partial charge is 0.374 e. The van der Waals surface area contributed by atoms with Gasteiger partial charge in [0.15, 0.2) is 0 Å². The molecular weight excluding hydrogens is 140 g/mol. The van der Waals surface area contributed by atoms with E-state index in [0.717, 1.165) is 32.8 Å². The summed E-state index contributed by atoms with van der Waals surface area (Å²) in [7, 11) is 0. The van der Waals surface area contributed by atoms with Crippen LogP contribution in [0.3, 0.4) is 0 Å². The number of hydrogen-bond acceptors (Lipinski definition) is 3. The van der Waals surface area contributed by atoms with Gasteiger partial charge in [-0.3, -0.25) is 4.90 Å². The van der Waals surface area contributed by atoms with Gasteiger partial charge in [0, 0.05) is 25.7 Å². The highest BCUT2D eigenvalue weighted by molar-refractivity contribution is 4.91. The van der Waals surface area contributed by atoms with E-state index in [-0.39, 0.29) is 0 Å². The molecule has 0 spiro atoms. The Morgan fingerprint density at radius 3 is 3.27 bits per heavy atom. The Bertz CT molecular complexity index is 140. The Morgan fingerprint density at radius 2 is 2.45 bits per heavy atom. The fraction of sp³-hybridized carbons (Fsp3) is 1.00. The average Bonchev–Trinajstić information content (AvgIpc) is 2.50. The van der Waals surface area contributed by atoms with Crippen LogP contribution in [0.4, 0.5) is 0 Å². The van der Waals surface area contributed by atoms with E-state index in [0.29, 0.717) is 12.1 Å². The zero-order valence-corrected chi connectivity index (χ0v) is 7.05. The molecule has 0 amide bonds. The van der Waals surface area contributed by atoms with Crippen molar-refractivity contribution in [3.63, 3.8) is 0 Å². The smallest absolute Gasteiger partial charge is 0.0867 e. The molecule has 11 heavy (non-hydrogen) atoms. The standard InChI is InChI=1S/C8H16N2O/c1-2-10-3-4-11-8-6-9-5-7(8)10/h7-9H,2-6H2,1H3/t7-,8-/m0/s1. The van der Waals surface area contributed by atoms with Crippen LogP contribution < -0.4 is 5.32 Å². The lowest BCUT2D eigenvalue weighted by Crippen LogP contribution is -2.50. The zero-order chi connectivity index (χ0) is 7.68. The molecule has 0 aromatic heterocycles. The van der Waals surface area contributed by atoms with E-state index in [1.165, 1.54) is 0 Å². The molecule has 0 aromatic carbocycles. The van der Waals surface area contributed by atoms with Crippen molar-refractivity contribution in [2.24, 2.45) is 0 Å². The lowest BCUT2D eigenvalue weighted by molar-refractivity contribution is -0.0446. The number of nitrogens with one attached hydrogen (secondary N) is 1. The summed E-state index contributed by atoms with van der Waals surface area (Å²) >= 11 is 0. The van der Waals surface area contributed by atoms with Gasteiger partial charge in [0.1, 0.15) is 0 Å². The molecule has 64 valence electrons. The van der Waals surface area contributed by atoms with Gasteiger partial charge in [-0.1, -0.05) is 6.92 Å². The normalized spacial score (nSPS) is 39.0. The van der Waals surface area contributed by atoms with Crippen molar-refractivity contribution in [1.29, 1.82) is 0 Å². The molecule has 0 saturated carbocycles. The first-order valence-electron chi connectivity index (χ1n) is 4.48. The van der Waals surface area contributed by atoms with Crippen LogP contribution in [-0.2, 0) is 4.74 Å². The predicted molar refractivity (Wildman–Crippen MR) is 43.6 cm³/mol. The van der Waals surface area contributed by atoms with Crippen molar-refractivity contribution in [3.8, 4) is 0 Å². The van der Waals surface area contributed by atoms with Crippen LogP contribution >= 0.6 is 0 Å². The quantitative estimate of drug-likeness (QED) is 0.563. The minimum absolute atomic E-state index is 0.462. The van der Waals surface area contributed by atoms with Crippen molar-refractivity contribution >= 4 is 0 Å². The summed E-state index contributed by atoms with van der Waals surface area (Å²) in [6, 6.07) is 0.647. The molecule has 1 N–H and O–H groups in total. The van der Waals surface area contributed by atoms with Gasteiger partial charge in [0.2, 0.25) is 0 Å². The van der Waals surface area contributed by atoms with E-state index < -0.39 is 0 Å². The highest BCUT2D eigenvalue weighted by atomic mass is 16.5. The van der Waals surface area contributed by atoms with Crippen molar-refractivity contribution < 1.29 is 4.74 Å². The lowest BCUT2D eigenvalue weighted by Gasteiger charge is -2.36. The topological polar surface area (TPSA) is 24.5 Å². The molecule has 0 unspecified atom stereocenters. The van der Waals surface area contributed by atoms with Gasteiger partial charge in [-0.25, -0.2) is 0 Å². The van der Waals surface area contributed by atoms with Crippen LogP contribution in [0.15, 0.2) is 0 Å². The summed E-state index contributed by atoms with van der Waals surface area (Å²) in [6.45, 7) is 7.56. The summed E-state index contributed by atoms with van der Waals surface area (Å²) in [5.41, 5.74) is 0. The van der Waals surface area contributed by atoms with Gasteiger partial charge in [-0.2, -0.15) is 0 Å². The molecule has 2 aliphatic rings. The number of hydrogen-bond donors (Lipinski definition) is 1. The lowest BCUT2D eigenvalue weighted by atomic mass is 10.1. The van der Waals surface area contributed by atoms with Gasteiger partial charge in [-0.05, 0) is 6.54 Å². The van der Waals surface area contributed by atoms with E-state index in [1.54, 1.807) is 0 Å². The molecule has 0 radical (unpaired) electrons. The number of morpholine rings is 1. The Hall–Kier alpha value is -0.120. The molecule has 2 fully saturated rings. The summed E-state index contributed by atoms with van der Waals surface area (Å²) in [6.07, 6.45) is 0.462. The maximum atomic E-state index is 5.63. The van der Waals surface area contributed by atoms with Crippen molar-refractivity contribution in [2.45, 2.75) is 19.1 Å². The second kappa shape index (κ2) is 3.09. The van der Waals surface area contributed by atoms with Gasteiger partial charge >= 0.3 is 0 Å². The molecule has 2 heterocycles. The number of fused-ring (bicyclic) bond motifs is 1. The number of ether oxygens (including phenoxy) is 1. The Balaban J connectivity index is 2.00. The Labute approximate surface area is 67.7 Å². The summed E-state index contributed by atoms with van der Waals surface area (Å²) < 4.78 is 5.63. The molecule has 0 bridgehead atoms. The van der Waals surface area contributed by atoms with Crippen LogP contribution in [0, 0.1) is 0 Å². The molecule has 0 aromatic rings. The van der Waals surface area contributed by atoms with Crippen molar-refractivity contribution in [1.82, 2.24) is 10.2 Å². The highest BCUT2D eigenvalue weighted by Gasteiger charge is 2.34. The molecule has 2 atom stereocenters. The molecule has 2 aliphatic heterocycles. The van der Waals surface area contributed by atoms with Crippen LogP contribution in [0.2, 0.25) is 0 Å². The van der Waals surface area contributed by atoms with Crippen molar-refractivity contribution in [3.05, 3.63) is 0 Å². The third-order valence-electron chi connectivity index (χ3n) is 2.71. The minimum atomic E-state index is 0.462. The van der Waals surface area contributed by atoms with E-state index in [4.69, 9.17) is 4.74 Å². The van der Waals surface area contributed by atoms with Gasteiger partial charge in [0.05, 0.1) is 12.7 Å². The maximum absolute atomic E-state index is 5.63. The number of nitrogens with zero attached hydrogens (tertiary/aromatic N) is 1. The van der Waals surface area contributed by atoms with E-state index in [1.807, 2.05) is 0 Å². The molecule has 2 saturated heterocycles. The third-order valence-corrected chi connectivity index (χ3v) is 2.71. The number of likely N-dealkylation sites (N-methyl/N-ethyl adjacent to an activating group) is 1. The molecule has 2 rings (SSSR count). The summed E-state index contributed by atoms with van der Waals surface area (Å²) in [4.78, 5) is 2.51. The summed E-state index contributed by atoms with van der Waals surface area (Å²) in [5, 5.41) is 3.36. The fourth-order valence-corrected chi connectivity index (χ4v) is 2.05. The minimum Gasteiger partial charge on any atom is -0.374 e. The zero-order valence-electron chi connectivity index (χ0n) is 7.05. The molecule has 3 nitrogen and oxygen atoms in total. The van der Waals surface area contributed by atoms with E-state index in [2.05, 4.69) is 17.1 Å². The van der Waals surface area contributed by atoms with E-state index in [9.17, 15) is 0 Å². The van der Waals surface area contributed by atoms with Gasteiger partial charge < -0.3 is 10.1 Å². The van der Waals surface area contributed by atoms with Crippen LogP contribution in [0.25, 0.3) is 0 Å². The first-order chi connectivity index (χ1) is 5.42. The first kappa shape index (κ1) is 7.53. The first-order valence-corrected chi connectivity index (χ1v) is 4.48. The third kappa shape index (κ3) is 1.28. The highest BCUT2D eigenvalue weighted by Crippen LogP contribution is 2.16. The Morgan fingerprint density at radius 1 is 1.55 bits per heavy atom. The van der Waals surface area contributed by atoms with Crippen molar-refractivity contribution in [2.75, 3.05) is 32.8 Å². The second-order valence-electron chi connectivity index (χ2n) is 3.26. The van der Waals surface area contributed by atoms with Gasteiger partial charge in [-0.15, -0.1) is 0 Å². The summed E-state index contributed by atoms with van der Waals surface area (Å²) in [5.74, 6) is 0. The van der Waals surface area contributed by atoms with Crippen LogP contribution in [0.1, 0.15) is 6.92 Å². The SMILES string of the molecule is CCN1CCO[C@H]2CNC[C@@H]21. The molecular formula is C8H16N2O. The monoisotopic (exact) mass is 156 g/mol. The number of rotatable bonds is 1. The van der Waals surface area contributed by atoms with Crippen LogP contribution in [0.5, 0.6) is 0 Å². The molecule has 3 heteroatoms. The van der Waals surface area contributed by atoms with Crippen LogP contribution in [-0.4, -0.2) is 49.8 Å². The maximum Gasteiger partial charge on any atom is 0.0867 e. The second-order valence-corrected chi connectivity index (χ2v) is 3.26. The Kier molecular flexibility index (Phi) is 2.11.